The molecule has 1 atom stereocenters. The molecule has 0 saturated heterocycles. The first-order valence-corrected chi connectivity index (χ1v) is 11.6. The molecule has 0 aliphatic heterocycles. The van der Waals surface area contributed by atoms with Crippen LogP contribution in [0, 0.1) is 5.41 Å². The highest BCUT2D eigenvalue weighted by atomic mass is 16.5. The second-order valence-corrected chi connectivity index (χ2v) is 8.13. The van der Waals surface area contributed by atoms with Crippen LogP contribution in [0.5, 0.6) is 0 Å². The zero-order valence-corrected chi connectivity index (χ0v) is 19.8. The van der Waals surface area contributed by atoms with E-state index in [1.807, 2.05) is 39.1 Å². The predicted molar refractivity (Wildman–Crippen MR) is 122 cm³/mol. The fourth-order valence-corrected chi connectivity index (χ4v) is 3.15. The molecule has 0 radical (unpaired) electrons. The van der Waals surface area contributed by atoms with Gasteiger partial charge in [-0.1, -0.05) is 47.1 Å². The Morgan fingerprint density at radius 2 is 1.77 bits per heavy atom. The Bertz CT molecular complexity index is 574. The first-order chi connectivity index (χ1) is 14.5. The molecule has 0 spiro atoms. The molecule has 30 heavy (non-hydrogen) atoms. The van der Waals surface area contributed by atoms with E-state index in [2.05, 4.69) is 29.5 Å². The van der Waals surface area contributed by atoms with Crippen LogP contribution in [0.4, 0.5) is 0 Å². The van der Waals surface area contributed by atoms with Gasteiger partial charge in [-0.25, -0.2) is 0 Å². The smallest absolute Gasteiger partial charge is 0.225 e. The minimum absolute atomic E-state index is 0.101. The molecule has 0 bridgehead atoms. The fraction of sp³-hybridized carbons (Fsp3) is 0.750. The van der Waals surface area contributed by atoms with Crippen molar-refractivity contribution < 1.29 is 14.3 Å². The summed E-state index contributed by atoms with van der Waals surface area (Å²) in [6, 6.07) is 4.59. The van der Waals surface area contributed by atoms with Gasteiger partial charge in [0.05, 0.1) is 32.1 Å². The molecule has 0 aliphatic carbocycles. The molecular formula is C24H43N3O3. The van der Waals surface area contributed by atoms with Crippen molar-refractivity contribution in [3.8, 4) is 0 Å². The quantitative estimate of drug-likeness (QED) is 0.368. The van der Waals surface area contributed by atoms with Crippen molar-refractivity contribution in [3.63, 3.8) is 0 Å². The van der Waals surface area contributed by atoms with Gasteiger partial charge in [-0.2, -0.15) is 0 Å². The first-order valence-electron chi connectivity index (χ1n) is 11.6. The number of ether oxygens (including phenoxy) is 2. The minimum Gasteiger partial charge on any atom is -0.375 e. The van der Waals surface area contributed by atoms with E-state index in [1.54, 1.807) is 0 Å². The molecule has 2 N–H and O–H groups in total. The standard InChI is InChI=1S/C24H43N3O3/c1-6-10-21(7-2)25-13-15-29-18-20-11-12-22(27-17-20)19-30-16-14-26-23(28)24(5,8-3)9-4/h11-12,17,21,25H,6-10,13-16,18-19H2,1-5H3,(H,26,28). The predicted octanol–water partition coefficient (Wildman–Crippen LogP) is 4.23. The van der Waals surface area contributed by atoms with Gasteiger partial charge in [-0.05, 0) is 37.3 Å². The molecule has 6 nitrogen and oxygen atoms in total. The van der Waals surface area contributed by atoms with E-state index in [-0.39, 0.29) is 11.3 Å². The number of pyridine rings is 1. The van der Waals surface area contributed by atoms with Gasteiger partial charge in [0, 0.05) is 30.7 Å². The van der Waals surface area contributed by atoms with E-state index in [1.165, 1.54) is 12.8 Å². The molecule has 1 aromatic heterocycles. The lowest BCUT2D eigenvalue weighted by molar-refractivity contribution is -0.130. The average molecular weight is 422 g/mol. The molecule has 6 heteroatoms. The SMILES string of the molecule is CCCC(CC)NCCOCc1ccc(COCCNC(=O)C(C)(CC)CC)nc1. The van der Waals surface area contributed by atoms with Crippen molar-refractivity contribution in [2.45, 2.75) is 86.0 Å². The molecule has 1 aromatic rings. The zero-order valence-electron chi connectivity index (χ0n) is 19.8. The lowest BCUT2D eigenvalue weighted by atomic mass is 9.84. The van der Waals surface area contributed by atoms with Gasteiger partial charge in [0.2, 0.25) is 5.91 Å². The second-order valence-electron chi connectivity index (χ2n) is 8.13. The average Bonchev–Trinajstić information content (AvgIpc) is 2.78. The van der Waals surface area contributed by atoms with E-state index < -0.39 is 0 Å². The summed E-state index contributed by atoms with van der Waals surface area (Å²) in [6.07, 6.45) is 7.10. The topological polar surface area (TPSA) is 72.5 Å². The highest BCUT2D eigenvalue weighted by Crippen LogP contribution is 2.25. The third-order valence-corrected chi connectivity index (χ3v) is 5.85. The van der Waals surface area contributed by atoms with E-state index in [0.717, 1.165) is 37.1 Å². The molecule has 172 valence electrons. The third kappa shape index (κ3) is 10.0. The van der Waals surface area contributed by atoms with Crippen molar-refractivity contribution in [2.24, 2.45) is 5.41 Å². The van der Waals surface area contributed by atoms with E-state index >= 15 is 0 Å². The molecule has 0 aliphatic rings. The maximum atomic E-state index is 12.2. The van der Waals surface area contributed by atoms with Crippen LogP contribution in [0.15, 0.2) is 18.3 Å². The Balaban J connectivity index is 2.17. The van der Waals surface area contributed by atoms with Gasteiger partial charge in [-0.15, -0.1) is 0 Å². The summed E-state index contributed by atoms with van der Waals surface area (Å²) in [5.41, 5.74) is 1.65. The van der Waals surface area contributed by atoms with Crippen LogP contribution in [0.1, 0.15) is 78.0 Å². The number of hydrogen-bond acceptors (Lipinski definition) is 5. The number of nitrogens with one attached hydrogen (secondary N) is 2. The normalized spacial score (nSPS) is 12.7. The molecule has 0 fully saturated rings. The summed E-state index contributed by atoms with van der Waals surface area (Å²) < 4.78 is 11.4. The van der Waals surface area contributed by atoms with Crippen LogP contribution < -0.4 is 10.6 Å². The molecule has 1 heterocycles. The van der Waals surface area contributed by atoms with Crippen molar-refractivity contribution >= 4 is 5.91 Å². The monoisotopic (exact) mass is 421 g/mol. The summed E-state index contributed by atoms with van der Waals surface area (Å²) in [6.45, 7) is 14.1. The molecule has 1 rings (SSSR count). The Labute approximate surface area is 183 Å². The molecule has 1 unspecified atom stereocenters. The van der Waals surface area contributed by atoms with Gasteiger partial charge >= 0.3 is 0 Å². The van der Waals surface area contributed by atoms with Crippen molar-refractivity contribution in [1.29, 1.82) is 0 Å². The van der Waals surface area contributed by atoms with Gasteiger partial charge in [0.15, 0.2) is 0 Å². The van der Waals surface area contributed by atoms with Gasteiger partial charge in [-0.3, -0.25) is 9.78 Å². The van der Waals surface area contributed by atoms with Gasteiger partial charge in [0.25, 0.3) is 0 Å². The summed E-state index contributed by atoms with van der Waals surface area (Å²) in [5.74, 6) is 0.101. The van der Waals surface area contributed by atoms with Crippen molar-refractivity contribution in [2.75, 3.05) is 26.3 Å². The van der Waals surface area contributed by atoms with E-state index in [4.69, 9.17) is 9.47 Å². The highest BCUT2D eigenvalue weighted by molar-refractivity contribution is 5.82. The zero-order chi connectivity index (χ0) is 22.2. The maximum Gasteiger partial charge on any atom is 0.225 e. The fourth-order valence-electron chi connectivity index (χ4n) is 3.15. The van der Waals surface area contributed by atoms with Crippen molar-refractivity contribution in [1.82, 2.24) is 15.6 Å². The summed E-state index contributed by atoms with van der Waals surface area (Å²) in [5, 5.41) is 6.50. The molecular weight excluding hydrogens is 378 g/mol. The molecule has 0 saturated carbocycles. The number of amides is 1. The second kappa shape index (κ2) is 15.3. The maximum absolute atomic E-state index is 12.2. The molecule has 0 aromatic carbocycles. The third-order valence-electron chi connectivity index (χ3n) is 5.85. The first kappa shape index (κ1) is 26.5. The lowest BCUT2D eigenvalue weighted by Crippen LogP contribution is -2.39. The minimum atomic E-state index is -0.289. The number of rotatable bonds is 17. The Morgan fingerprint density at radius 3 is 2.37 bits per heavy atom. The largest absolute Gasteiger partial charge is 0.375 e. The number of nitrogens with zero attached hydrogens (tertiary/aromatic N) is 1. The van der Waals surface area contributed by atoms with Crippen LogP contribution in [-0.2, 0) is 27.5 Å². The van der Waals surface area contributed by atoms with Gasteiger partial charge in [0.1, 0.15) is 0 Å². The van der Waals surface area contributed by atoms with Crippen LogP contribution in [0.25, 0.3) is 0 Å². The van der Waals surface area contributed by atoms with Crippen LogP contribution in [-0.4, -0.2) is 43.2 Å². The number of aromatic nitrogens is 1. The summed E-state index contributed by atoms with van der Waals surface area (Å²) >= 11 is 0. The van der Waals surface area contributed by atoms with E-state index in [9.17, 15) is 4.79 Å². The highest BCUT2D eigenvalue weighted by Gasteiger charge is 2.28. The van der Waals surface area contributed by atoms with Crippen LogP contribution >= 0.6 is 0 Å². The van der Waals surface area contributed by atoms with E-state index in [0.29, 0.717) is 39.0 Å². The lowest BCUT2D eigenvalue weighted by Gasteiger charge is -2.25. The Morgan fingerprint density at radius 1 is 1.07 bits per heavy atom. The molecule has 1 amide bonds. The van der Waals surface area contributed by atoms with Gasteiger partial charge < -0.3 is 20.1 Å². The van der Waals surface area contributed by atoms with Crippen LogP contribution in [0.3, 0.4) is 0 Å². The Kier molecular flexibility index (Phi) is 13.6. The van der Waals surface area contributed by atoms with Crippen molar-refractivity contribution in [3.05, 3.63) is 29.6 Å². The number of hydrogen-bond donors (Lipinski definition) is 2. The Hall–Kier alpha value is -1.50. The summed E-state index contributed by atoms with van der Waals surface area (Å²) in [7, 11) is 0. The number of carbonyl (C=O) groups is 1. The van der Waals surface area contributed by atoms with Crippen LogP contribution in [0.2, 0.25) is 0 Å². The summed E-state index contributed by atoms with van der Waals surface area (Å²) in [4.78, 5) is 16.6. The number of carbonyl (C=O) groups excluding carboxylic acids is 1.